The predicted molar refractivity (Wildman–Crippen MR) is 133 cm³/mol. The Morgan fingerprint density at radius 3 is 2.76 bits per heavy atom. The van der Waals surface area contributed by atoms with Gasteiger partial charge >= 0.3 is 0 Å². The summed E-state index contributed by atoms with van der Waals surface area (Å²) in [5.74, 6) is 1.08. The van der Waals surface area contributed by atoms with E-state index < -0.39 is 0 Å². The minimum absolute atomic E-state index is 0.0292. The van der Waals surface area contributed by atoms with Crippen LogP contribution in [0, 0.1) is 0 Å². The van der Waals surface area contributed by atoms with E-state index in [-0.39, 0.29) is 5.91 Å². The Hall–Kier alpha value is -3.77. The van der Waals surface area contributed by atoms with Crippen molar-refractivity contribution < 1.29 is 14.3 Å². The normalized spacial score (nSPS) is 13.6. The van der Waals surface area contributed by atoms with E-state index in [1.807, 2.05) is 41.4 Å². The number of aromatic nitrogens is 2. The molecule has 1 N–H and O–H groups in total. The highest BCUT2D eigenvalue weighted by Crippen LogP contribution is 2.31. The van der Waals surface area contributed by atoms with Crippen LogP contribution < -0.4 is 9.47 Å². The molecule has 0 spiro atoms. The number of pyridine rings is 1. The van der Waals surface area contributed by atoms with Crippen LogP contribution >= 0.6 is 11.6 Å². The van der Waals surface area contributed by atoms with Crippen LogP contribution in [0.4, 0.5) is 0 Å². The number of halogens is 1. The van der Waals surface area contributed by atoms with E-state index in [2.05, 4.69) is 22.1 Å². The number of methoxy groups -OCH3 is 1. The number of benzene rings is 2. The third kappa shape index (κ3) is 4.50. The maximum atomic E-state index is 13.2. The molecule has 0 radical (unpaired) electrons. The van der Waals surface area contributed by atoms with E-state index in [1.165, 1.54) is 5.57 Å². The molecule has 2 aromatic carbocycles. The molecule has 1 aliphatic heterocycles. The molecule has 4 aromatic rings. The van der Waals surface area contributed by atoms with Crippen molar-refractivity contribution in [3.63, 3.8) is 0 Å². The summed E-state index contributed by atoms with van der Waals surface area (Å²) in [5, 5.41) is 1.79. The molecule has 0 unspecified atom stereocenters. The summed E-state index contributed by atoms with van der Waals surface area (Å²) in [6.07, 6.45) is 6.68. The Kier molecular flexibility index (Phi) is 6.23. The summed E-state index contributed by atoms with van der Waals surface area (Å²) in [6, 6.07) is 16.8. The smallest absolute Gasteiger partial charge is 0.254 e. The van der Waals surface area contributed by atoms with E-state index in [0.29, 0.717) is 41.8 Å². The number of H-pyrrole nitrogens is 1. The minimum Gasteiger partial charge on any atom is -0.493 e. The average molecular weight is 474 g/mol. The summed E-state index contributed by atoms with van der Waals surface area (Å²) in [5.41, 5.74) is 4.82. The Morgan fingerprint density at radius 2 is 2.00 bits per heavy atom. The zero-order chi connectivity index (χ0) is 23.5. The lowest BCUT2D eigenvalue weighted by Crippen LogP contribution is -2.34. The van der Waals surface area contributed by atoms with Gasteiger partial charge in [0.1, 0.15) is 12.3 Å². The number of carbonyl (C=O) groups is 1. The van der Waals surface area contributed by atoms with E-state index in [9.17, 15) is 4.79 Å². The monoisotopic (exact) mass is 473 g/mol. The molecule has 0 fully saturated rings. The molecule has 6 nitrogen and oxygen atoms in total. The fraction of sp³-hybridized carbons (Fsp3) is 0.185. The van der Waals surface area contributed by atoms with Gasteiger partial charge in [0.2, 0.25) is 0 Å². The molecule has 1 aliphatic rings. The van der Waals surface area contributed by atoms with Gasteiger partial charge in [-0.15, -0.1) is 0 Å². The Bertz CT molecular complexity index is 1360. The molecule has 34 heavy (non-hydrogen) atoms. The topological polar surface area (TPSA) is 67.5 Å². The van der Waals surface area contributed by atoms with E-state index >= 15 is 0 Å². The summed E-state index contributed by atoms with van der Waals surface area (Å²) in [4.78, 5) is 22.6. The van der Waals surface area contributed by atoms with Gasteiger partial charge in [0, 0.05) is 47.0 Å². The SMILES string of the molecule is COc1cc(C(=O)N2CC=C(c3c[nH]c4ncccc34)CC2)ccc1OCc1ccc(Cl)cc1. The lowest BCUT2D eigenvalue weighted by atomic mass is 9.99. The average Bonchev–Trinajstić information content (AvgIpc) is 3.32. The second-order valence-corrected chi connectivity index (χ2v) is 8.55. The van der Waals surface area contributed by atoms with Crippen LogP contribution in [0.15, 0.2) is 73.1 Å². The standard InChI is InChI=1S/C27H24ClN3O3/c1-33-25-15-20(6-9-24(25)34-17-18-4-7-21(28)8-5-18)27(32)31-13-10-19(11-14-31)23-16-30-26-22(23)3-2-12-29-26/h2-10,12,15-16H,11,13-14,17H2,1H3,(H,29,30). The van der Waals surface area contributed by atoms with E-state index in [0.717, 1.165) is 28.6 Å². The predicted octanol–water partition coefficient (Wildman–Crippen LogP) is 5.73. The number of rotatable bonds is 6. The Balaban J connectivity index is 1.27. The fourth-order valence-corrected chi connectivity index (χ4v) is 4.29. The molecule has 7 heteroatoms. The van der Waals surface area contributed by atoms with Gasteiger partial charge in [0.15, 0.2) is 11.5 Å². The van der Waals surface area contributed by atoms with Gasteiger partial charge in [-0.1, -0.05) is 29.8 Å². The Labute approximate surface area is 202 Å². The highest BCUT2D eigenvalue weighted by Gasteiger charge is 2.22. The molecule has 172 valence electrons. The van der Waals surface area contributed by atoms with Gasteiger partial charge in [0.25, 0.3) is 5.91 Å². The second kappa shape index (κ2) is 9.61. The third-order valence-electron chi connectivity index (χ3n) is 6.01. The van der Waals surface area contributed by atoms with Crippen LogP contribution in [0.3, 0.4) is 0 Å². The fourth-order valence-electron chi connectivity index (χ4n) is 4.16. The van der Waals surface area contributed by atoms with Crippen molar-refractivity contribution >= 4 is 34.1 Å². The van der Waals surface area contributed by atoms with Crippen LogP contribution in [0.2, 0.25) is 5.02 Å². The van der Waals surface area contributed by atoms with Gasteiger partial charge in [-0.3, -0.25) is 4.79 Å². The first-order chi connectivity index (χ1) is 16.6. The molecule has 0 atom stereocenters. The quantitative estimate of drug-likeness (QED) is 0.388. The van der Waals surface area contributed by atoms with E-state index in [1.54, 1.807) is 31.5 Å². The number of aromatic amines is 1. The van der Waals surface area contributed by atoms with Crippen LogP contribution in [0.25, 0.3) is 16.6 Å². The van der Waals surface area contributed by atoms with Crippen molar-refractivity contribution in [1.29, 1.82) is 0 Å². The van der Waals surface area contributed by atoms with Crippen molar-refractivity contribution in [1.82, 2.24) is 14.9 Å². The van der Waals surface area contributed by atoms with Gasteiger partial charge < -0.3 is 19.4 Å². The highest BCUT2D eigenvalue weighted by molar-refractivity contribution is 6.30. The first-order valence-electron chi connectivity index (χ1n) is 11.1. The van der Waals surface area contributed by atoms with Crippen molar-refractivity contribution in [2.45, 2.75) is 13.0 Å². The molecular formula is C27H24ClN3O3. The number of nitrogens with one attached hydrogen (secondary N) is 1. The maximum absolute atomic E-state index is 13.2. The van der Waals surface area contributed by atoms with Crippen LogP contribution in [-0.2, 0) is 6.61 Å². The Morgan fingerprint density at radius 1 is 1.15 bits per heavy atom. The van der Waals surface area contributed by atoms with E-state index in [4.69, 9.17) is 21.1 Å². The lowest BCUT2D eigenvalue weighted by molar-refractivity contribution is 0.0772. The number of carbonyl (C=O) groups excluding carboxylic acids is 1. The lowest BCUT2D eigenvalue weighted by Gasteiger charge is -2.27. The van der Waals surface area contributed by atoms with Crippen LogP contribution in [-0.4, -0.2) is 41.0 Å². The minimum atomic E-state index is -0.0292. The molecular weight excluding hydrogens is 450 g/mol. The summed E-state index contributed by atoms with van der Waals surface area (Å²) >= 11 is 5.94. The second-order valence-electron chi connectivity index (χ2n) is 8.11. The van der Waals surface area contributed by atoms with Crippen molar-refractivity contribution in [3.05, 3.63) is 94.8 Å². The van der Waals surface area contributed by atoms with Gasteiger partial charge in [-0.2, -0.15) is 0 Å². The van der Waals surface area contributed by atoms with Crippen LogP contribution in [0.1, 0.15) is 27.9 Å². The summed E-state index contributed by atoms with van der Waals surface area (Å²) < 4.78 is 11.4. The number of fused-ring (bicyclic) bond motifs is 1. The first kappa shape index (κ1) is 22.0. The highest BCUT2D eigenvalue weighted by atomic mass is 35.5. The third-order valence-corrected chi connectivity index (χ3v) is 6.26. The number of nitrogens with zero attached hydrogens (tertiary/aromatic N) is 2. The van der Waals surface area contributed by atoms with Crippen molar-refractivity contribution in [2.75, 3.05) is 20.2 Å². The molecule has 0 bridgehead atoms. The van der Waals surface area contributed by atoms with Gasteiger partial charge in [-0.05, 0) is 60.0 Å². The number of hydrogen-bond acceptors (Lipinski definition) is 4. The maximum Gasteiger partial charge on any atom is 0.254 e. The van der Waals surface area contributed by atoms with Crippen molar-refractivity contribution in [3.8, 4) is 11.5 Å². The molecule has 0 aliphatic carbocycles. The number of hydrogen-bond donors (Lipinski definition) is 1. The summed E-state index contributed by atoms with van der Waals surface area (Å²) in [6.45, 7) is 1.58. The number of ether oxygens (including phenoxy) is 2. The van der Waals surface area contributed by atoms with Gasteiger partial charge in [0.05, 0.1) is 7.11 Å². The zero-order valence-corrected chi connectivity index (χ0v) is 19.5. The first-order valence-corrected chi connectivity index (χ1v) is 11.5. The van der Waals surface area contributed by atoms with Crippen molar-refractivity contribution in [2.24, 2.45) is 0 Å². The van der Waals surface area contributed by atoms with Gasteiger partial charge in [-0.25, -0.2) is 4.98 Å². The molecule has 0 saturated heterocycles. The zero-order valence-electron chi connectivity index (χ0n) is 18.8. The number of amides is 1. The molecule has 0 saturated carbocycles. The summed E-state index contributed by atoms with van der Waals surface area (Å²) in [7, 11) is 1.57. The molecule has 3 heterocycles. The largest absolute Gasteiger partial charge is 0.493 e. The molecule has 1 amide bonds. The molecule has 2 aromatic heterocycles. The van der Waals surface area contributed by atoms with Crippen LogP contribution in [0.5, 0.6) is 11.5 Å². The molecule has 5 rings (SSSR count).